The van der Waals surface area contributed by atoms with Gasteiger partial charge in [0.25, 0.3) is 11.8 Å². The number of nitrogens with zero attached hydrogens (tertiary/aromatic N) is 1. The van der Waals surface area contributed by atoms with Crippen LogP contribution in [-0.4, -0.2) is 17.8 Å². The third-order valence-corrected chi connectivity index (χ3v) is 6.26. The van der Waals surface area contributed by atoms with Crippen LogP contribution < -0.4 is 19.7 Å². The molecule has 0 unspecified atom stereocenters. The fourth-order valence-electron chi connectivity index (χ4n) is 3.94. The molecular weight excluding hydrogens is 535 g/mol. The monoisotopic (exact) mass is 556 g/mol. The van der Waals surface area contributed by atoms with Crippen molar-refractivity contribution in [1.82, 2.24) is 5.32 Å². The van der Waals surface area contributed by atoms with Gasteiger partial charge in [0.15, 0.2) is 0 Å². The first-order valence-corrected chi connectivity index (χ1v) is 12.6. The molecule has 0 radical (unpaired) electrons. The largest absolute Gasteiger partial charge is 0.489 e. The Balaban J connectivity index is 1.29. The maximum absolute atomic E-state index is 13.3. The lowest BCUT2D eigenvalue weighted by atomic mass is 10.1. The average molecular weight is 557 g/mol. The zero-order chi connectivity index (χ0) is 28.1. The molecule has 0 bridgehead atoms. The van der Waals surface area contributed by atoms with Gasteiger partial charge in [-0.25, -0.2) is 14.1 Å². The molecule has 0 aliphatic carbocycles. The van der Waals surface area contributed by atoms with E-state index < -0.39 is 17.8 Å². The van der Waals surface area contributed by atoms with Gasteiger partial charge in [0.1, 0.15) is 36.1 Å². The molecule has 1 N–H and O–H groups in total. The number of anilines is 1. The van der Waals surface area contributed by atoms with Crippen molar-refractivity contribution in [2.24, 2.45) is 0 Å². The molecule has 7 nitrogen and oxygen atoms in total. The van der Waals surface area contributed by atoms with E-state index in [0.29, 0.717) is 28.7 Å². The molecule has 0 saturated carbocycles. The van der Waals surface area contributed by atoms with Gasteiger partial charge in [-0.2, -0.15) is 0 Å². The highest BCUT2D eigenvalue weighted by molar-refractivity contribution is 6.39. The summed E-state index contributed by atoms with van der Waals surface area (Å²) in [6.07, 6.45) is 1.39. The summed E-state index contributed by atoms with van der Waals surface area (Å²) >= 11 is 5.91. The molecule has 1 saturated heterocycles. The molecule has 5 rings (SSSR count). The highest BCUT2D eigenvalue weighted by Crippen LogP contribution is 2.26. The number of rotatable bonds is 8. The van der Waals surface area contributed by atoms with Crippen molar-refractivity contribution >= 4 is 41.2 Å². The van der Waals surface area contributed by atoms with Crippen molar-refractivity contribution in [3.63, 3.8) is 0 Å². The summed E-state index contributed by atoms with van der Waals surface area (Å²) in [6, 6.07) is 25.5. The van der Waals surface area contributed by atoms with E-state index in [4.69, 9.17) is 21.1 Å². The standard InChI is InChI=1S/C31H22ClFN2O5/c32-23-8-4-20(5-9-23)18-39-26-14-12-25(13-15-26)35-30(37)28(29(36)34-31(35)38)17-22-2-1-3-27(16-22)40-19-21-6-10-24(33)11-7-21/h1-17H,18-19H2,(H,34,36,38)/b28-17-. The van der Waals surface area contributed by atoms with Crippen molar-refractivity contribution in [3.8, 4) is 11.5 Å². The summed E-state index contributed by atoms with van der Waals surface area (Å²) in [5.74, 6) is -0.871. The Kier molecular flexibility index (Phi) is 7.89. The van der Waals surface area contributed by atoms with E-state index in [1.165, 1.54) is 18.2 Å². The van der Waals surface area contributed by atoms with Gasteiger partial charge >= 0.3 is 6.03 Å². The van der Waals surface area contributed by atoms with Crippen LogP contribution in [0.5, 0.6) is 11.5 Å². The van der Waals surface area contributed by atoms with E-state index in [1.807, 2.05) is 12.1 Å². The third-order valence-electron chi connectivity index (χ3n) is 6.00. The van der Waals surface area contributed by atoms with E-state index in [1.54, 1.807) is 72.8 Å². The number of urea groups is 1. The number of amides is 4. The van der Waals surface area contributed by atoms with E-state index in [2.05, 4.69) is 5.32 Å². The molecule has 4 aromatic carbocycles. The van der Waals surface area contributed by atoms with Crippen molar-refractivity contribution in [1.29, 1.82) is 0 Å². The lowest BCUT2D eigenvalue weighted by molar-refractivity contribution is -0.122. The molecule has 0 atom stereocenters. The maximum atomic E-state index is 13.3. The highest BCUT2D eigenvalue weighted by atomic mass is 35.5. The fourth-order valence-corrected chi connectivity index (χ4v) is 4.06. The Morgan fingerprint density at radius 2 is 1.40 bits per heavy atom. The molecule has 200 valence electrons. The molecule has 0 spiro atoms. The van der Waals surface area contributed by atoms with Crippen LogP contribution >= 0.6 is 11.6 Å². The van der Waals surface area contributed by atoms with Crippen LogP contribution in [0.15, 0.2) is 103 Å². The maximum Gasteiger partial charge on any atom is 0.335 e. The predicted molar refractivity (Wildman–Crippen MR) is 148 cm³/mol. The van der Waals surface area contributed by atoms with Crippen LogP contribution in [-0.2, 0) is 22.8 Å². The number of carbonyl (C=O) groups is 3. The van der Waals surface area contributed by atoms with Gasteiger partial charge in [0.2, 0.25) is 0 Å². The number of imide groups is 2. The summed E-state index contributed by atoms with van der Waals surface area (Å²) in [5.41, 5.74) is 2.30. The summed E-state index contributed by atoms with van der Waals surface area (Å²) in [6.45, 7) is 0.523. The van der Waals surface area contributed by atoms with Crippen LogP contribution in [0.4, 0.5) is 14.9 Å². The van der Waals surface area contributed by atoms with E-state index >= 15 is 0 Å². The Labute approximate surface area is 234 Å². The Bertz CT molecular complexity index is 1590. The Hall–Kier alpha value is -4.95. The van der Waals surface area contributed by atoms with Crippen molar-refractivity contribution in [2.45, 2.75) is 13.2 Å². The molecule has 9 heteroatoms. The topological polar surface area (TPSA) is 84.9 Å². The predicted octanol–water partition coefficient (Wildman–Crippen LogP) is 6.30. The molecule has 0 aromatic heterocycles. The van der Waals surface area contributed by atoms with Gasteiger partial charge in [0.05, 0.1) is 5.69 Å². The first-order valence-electron chi connectivity index (χ1n) is 12.2. The van der Waals surface area contributed by atoms with Gasteiger partial charge in [0, 0.05) is 5.02 Å². The van der Waals surface area contributed by atoms with Crippen molar-refractivity contribution in [2.75, 3.05) is 4.90 Å². The number of ether oxygens (including phenoxy) is 2. The van der Waals surface area contributed by atoms with Gasteiger partial charge in [-0.1, -0.05) is 48.0 Å². The number of hydrogen-bond donors (Lipinski definition) is 1. The normalized spacial score (nSPS) is 14.3. The van der Waals surface area contributed by atoms with Crippen molar-refractivity contribution in [3.05, 3.63) is 130 Å². The number of benzene rings is 4. The number of halogens is 2. The van der Waals surface area contributed by atoms with E-state index in [-0.39, 0.29) is 23.7 Å². The van der Waals surface area contributed by atoms with Gasteiger partial charge in [-0.05, 0) is 83.4 Å². The van der Waals surface area contributed by atoms with Crippen molar-refractivity contribution < 1.29 is 28.2 Å². The minimum atomic E-state index is -0.849. The number of hydrogen-bond acceptors (Lipinski definition) is 5. The summed E-state index contributed by atoms with van der Waals surface area (Å²) < 4.78 is 24.7. The Morgan fingerprint density at radius 1 is 0.775 bits per heavy atom. The number of nitrogens with one attached hydrogen (secondary N) is 1. The zero-order valence-corrected chi connectivity index (χ0v) is 21.7. The average Bonchev–Trinajstić information content (AvgIpc) is 2.95. The lowest BCUT2D eigenvalue weighted by Crippen LogP contribution is -2.54. The second kappa shape index (κ2) is 11.8. The molecular formula is C31H22ClFN2O5. The summed E-state index contributed by atoms with van der Waals surface area (Å²) in [4.78, 5) is 39.3. The van der Waals surface area contributed by atoms with Gasteiger partial charge in [-0.15, -0.1) is 0 Å². The third kappa shape index (κ3) is 6.36. The van der Waals surface area contributed by atoms with Crippen LogP contribution in [0.1, 0.15) is 16.7 Å². The molecule has 40 heavy (non-hydrogen) atoms. The molecule has 1 heterocycles. The van der Waals surface area contributed by atoms with Crippen LogP contribution in [0, 0.1) is 5.82 Å². The van der Waals surface area contributed by atoms with Crippen LogP contribution in [0.2, 0.25) is 5.02 Å². The smallest absolute Gasteiger partial charge is 0.335 e. The lowest BCUT2D eigenvalue weighted by Gasteiger charge is -2.26. The number of barbiturate groups is 1. The first-order chi connectivity index (χ1) is 19.4. The second-order valence-corrected chi connectivity index (χ2v) is 9.29. The minimum Gasteiger partial charge on any atom is -0.489 e. The highest BCUT2D eigenvalue weighted by Gasteiger charge is 2.36. The minimum absolute atomic E-state index is 0.210. The van der Waals surface area contributed by atoms with Crippen LogP contribution in [0.3, 0.4) is 0 Å². The quantitative estimate of drug-likeness (QED) is 0.203. The Morgan fingerprint density at radius 3 is 2.08 bits per heavy atom. The molecule has 1 fully saturated rings. The van der Waals surface area contributed by atoms with E-state index in [0.717, 1.165) is 16.0 Å². The van der Waals surface area contributed by atoms with Gasteiger partial charge in [-0.3, -0.25) is 14.9 Å². The first kappa shape index (κ1) is 26.6. The molecule has 4 aromatic rings. The SMILES string of the molecule is O=C1NC(=O)N(c2ccc(OCc3ccc(Cl)cc3)cc2)C(=O)/C1=C\c1cccc(OCc2ccc(F)cc2)c1. The molecule has 1 aliphatic rings. The fraction of sp³-hybridized carbons (Fsp3) is 0.0645. The zero-order valence-electron chi connectivity index (χ0n) is 21.0. The van der Waals surface area contributed by atoms with Crippen LogP contribution in [0.25, 0.3) is 6.08 Å². The molecule has 4 amide bonds. The molecule has 1 aliphatic heterocycles. The number of carbonyl (C=O) groups excluding carboxylic acids is 3. The second-order valence-electron chi connectivity index (χ2n) is 8.85. The van der Waals surface area contributed by atoms with E-state index in [9.17, 15) is 18.8 Å². The summed E-state index contributed by atoms with van der Waals surface area (Å²) in [5, 5.41) is 2.85. The summed E-state index contributed by atoms with van der Waals surface area (Å²) in [7, 11) is 0. The van der Waals surface area contributed by atoms with Gasteiger partial charge < -0.3 is 9.47 Å².